The molecule has 2 aliphatic heterocycles. The third-order valence-electron chi connectivity index (χ3n) is 4.97. The third-order valence-corrected chi connectivity index (χ3v) is 4.97. The number of aromatic nitrogens is 2. The first-order valence-electron chi connectivity index (χ1n) is 8.70. The summed E-state index contributed by atoms with van der Waals surface area (Å²) < 4.78 is 5.80. The van der Waals surface area contributed by atoms with Gasteiger partial charge in [0.25, 0.3) is 5.91 Å². The molecule has 0 unspecified atom stereocenters. The molecule has 1 amide bonds. The molecule has 23 heavy (non-hydrogen) atoms. The quantitative estimate of drug-likeness (QED) is 0.920. The summed E-state index contributed by atoms with van der Waals surface area (Å²) in [7, 11) is 0. The Kier molecular flexibility index (Phi) is 5.02. The molecule has 1 aromatic rings. The maximum atomic E-state index is 12.5. The van der Waals surface area contributed by atoms with Gasteiger partial charge in [-0.3, -0.25) is 14.8 Å². The molecule has 6 nitrogen and oxygen atoms in total. The Morgan fingerprint density at radius 1 is 1.30 bits per heavy atom. The monoisotopic (exact) mass is 320 g/mol. The first-order chi connectivity index (χ1) is 11.0. The molecule has 3 heterocycles. The van der Waals surface area contributed by atoms with Gasteiger partial charge in [0, 0.05) is 38.4 Å². The van der Waals surface area contributed by atoms with E-state index in [9.17, 15) is 4.79 Å². The van der Waals surface area contributed by atoms with E-state index >= 15 is 0 Å². The fourth-order valence-corrected chi connectivity index (χ4v) is 3.85. The van der Waals surface area contributed by atoms with Crippen molar-refractivity contribution >= 4 is 5.91 Å². The highest BCUT2D eigenvalue weighted by Gasteiger charge is 2.28. The molecule has 1 N–H and O–H groups in total. The van der Waals surface area contributed by atoms with Crippen LogP contribution in [0, 0.1) is 12.8 Å². The van der Waals surface area contributed by atoms with E-state index in [1.807, 2.05) is 11.8 Å². The van der Waals surface area contributed by atoms with Crippen LogP contribution in [0.5, 0.6) is 0 Å². The molecule has 1 aromatic heterocycles. The van der Waals surface area contributed by atoms with Crippen LogP contribution in [-0.4, -0.2) is 70.8 Å². The maximum absolute atomic E-state index is 12.5. The lowest BCUT2D eigenvalue weighted by Gasteiger charge is -2.39. The van der Waals surface area contributed by atoms with Gasteiger partial charge in [-0.25, -0.2) is 0 Å². The Hall–Kier alpha value is -1.40. The maximum Gasteiger partial charge on any atom is 0.257 e. The highest BCUT2D eigenvalue weighted by molar-refractivity contribution is 5.95. The predicted octanol–water partition coefficient (Wildman–Crippen LogP) is 1.68. The number of carbonyl (C=O) groups is 1. The van der Waals surface area contributed by atoms with Gasteiger partial charge in [0.2, 0.25) is 0 Å². The first kappa shape index (κ1) is 16.5. The fraction of sp³-hybridized carbons (Fsp3) is 0.765. The van der Waals surface area contributed by atoms with Crippen LogP contribution in [0.1, 0.15) is 42.7 Å². The van der Waals surface area contributed by atoms with Crippen LogP contribution in [0.2, 0.25) is 0 Å². The molecule has 0 aliphatic carbocycles. The van der Waals surface area contributed by atoms with Gasteiger partial charge in [0.15, 0.2) is 0 Å². The summed E-state index contributed by atoms with van der Waals surface area (Å²) in [6, 6.07) is 0. The minimum atomic E-state index is 0.114. The molecule has 2 atom stereocenters. The normalized spacial score (nSPS) is 27.3. The molecule has 2 saturated heterocycles. The number of hydrogen-bond acceptors (Lipinski definition) is 4. The average molecular weight is 320 g/mol. The highest BCUT2D eigenvalue weighted by atomic mass is 16.5. The van der Waals surface area contributed by atoms with E-state index in [-0.39, 0.29) is 5.91 Å². The topological polar surface area (TPSA) is 61.5 Å². The number of H-pyrrole nitrogens is 1. The number of aromatic amines is 1. The summed E-state index contributed by atoms with van der Waals surface area (Å²) >= 11 is 0. The summed E-state index contributed by atoms with van der Waals surface area (Å²) in [5.41, 5.74) is 1.56. The van der Waals surface area contributed by atoms with Gasteiger partial charge in [-0.2, -0.15) is 5.10 Å². The van der Waals surface area contributed by atoms with Crippen molar-refractivity contribution in [3.05, 3.63) is 17.5 Å². The lowest BCUT2D eigenvalue weighted by molar-refractivity contribution is -0.0728. The average Bonchev–Trinajstić information content (AvgIpc) is 2.92. The van der Waals surface area contributed by atoms with E-state index in [2.05, 4.69) is 28.9 Å². The van der Waals surface area contributed by atoms with E-state index in [0.717, 1.165) is 51.3 Å². The zero-order chi connectivity index (χ0) is 16.4. The summed E-state index contributed by atoms with van der Waals surface area (Å²) in [6.45, 7) is 11.1. The van der Waals surface area contributed by atoms with Gasteiger partial charge in [0.1, 0.15) is 0 Å². The summed E-state index contributed by atoms with van der Waals surface area (Å²) in [5.74, 6) is 0.797. The van der Waals surface area contributed by atoms with Crippen molar-refractivity contribution in [2.45, 2.75) is 45.8 Å². The van der Waals surface area contributed by atoms with Gasteiger partial charge in [-0.1, -0.05) is 0 Å². The number of carbonyl (C=O) groups excluding carboxylic acids is 1. The number of hydrogen-bond donors (Lipinski definition) is 1. The van der Waals surface area contributed by atoms with Crippen LogP contribution in [-0.2, 0) is 4.74 Å². The van der Waals surface area contributed by atoms with Crippen LogP contribution < -0.4 is 0 Å². The molecule has 0 radical (unpaired) electrons. The molecule has 128 valence electrons. The molecular formula is C17H28N4O2. The second-order valence-electron chi connectivity index (χ2n) is 7.12. The molecule has 6 heteroatoms. The van der Waals surface area contributed by atoms with E-state index in [4.69, 9.17) is 4.74 Å². The fourth-order valence-electron chi connectivity index (χ4n) is 3.85. The Labute approximate surface area is 138 Å². The van der Waals surface area contributed by atoms with Crippen LogP contribution in [0.15, 0.2) is 6.20 Å². The van der Waals surface area contributed by atoms with E-state index in [1.165, 1.54) is 0 Å². The minimum Gasteiger partial charge on any atom is -0.373 e. The van der Waals surface area contributed by atoms with Crippen molar-refractivity contribution in [2.75, 3.05) is 32.7 Å². The standard InChI is InChI=1S/C17H28N4O2/c1-12-9-20(10-13(2)23-12)11-15-4-6-21(7-5-15)17(22)16-8-18-19-14(16)3/h8,12-13,15H,4-7,9-11H2,1-3H3,(H,18,19)/t12-,13-/m1/s1. The number of rotatable bonds is 3. The SMILES string of the molecule is Cc1[nH]ncc1C(=O)N1CCC(CN2C[C@@H](C)O[C@H](C)C2)CC1. The Balaban J connectivity index is 1.49. The summed E-state index contributed by atoms with van der Waals surface area (Å²) in [4.78, 5) is 17.0. The minimum absolute atomic E-state index is 0.114. The number of likely N-dealkylation sites (tertiary alicyclic amines) is 1. The van der Waals surface area contributed by atoms with Crippen LogP contribution >= 0.6 is 0 Å². The van der Waals surface area contributed by atoms with Crippen molar-refractivity contribution in [1.82, 2.24) is 20.0 Å². The molecule has 2 fully saturated rings. The van der Waals surface area contributed by atoms with Crippen molar-refractivity contribution in [3.63, 3.8) is 0 Å². The summed E-state index contributed by atoms with van der Waals surface area (Å²) in [6.07, 6.45) is 4.46. The smallest absolute Gasteiger partial charge is 0.257 e. The van der Waals surface area contributed by atoms with E-state index < -0.39 is 0 Å². The van der Waals surface area contributed by atoms with E-state index in [1.54, 1.807) is 6.20 Å². The number of amides is 1. The van der Waals surface area contributed by atoms with Crippen molar-refractivity contribution in [3.8, 4) is 0 Å². The van der Waals surface area contributed by atoms with E-state index in [0.29, 0.717) is 23.7 Å². The van der Waals surface area contributed by atoms with Gasteiger partial charge < -0.3 is 9.64 Å². The van der Waals surface area contributed by atoms with Crippen molar-refractivity contribution in [2.24, 2.45) is 5.92 Å². The van der Waals surface area contributed by atoms with Gasteiger partial charge in [0.05, 0.1) is 24.0 Å². The number of ether oxygens (including phenoxy) is 1. The third kappa shape index (κ3) is 3.93. The predicted molar refractivity (Wildman–Crippen MR) is 88.4 cm³/mol. The molecule has 0 bridgehead atoms. The number of piperidine rings is 1. The second-order valence-corrected chi connectivity index (χ2v) is 7.12. The largest absolute Gasteiger partial charge is 0.373 e. The molecular weight excluding hydrogens is 292 g/mol. The van der Waals surface area contributed by atoms with Crippen molar-refractivity contribution < 1.29 is 9.53 Å². The lowest BCUT2D eigenvalue weighted by atomic mass is 9.95. The molecule has 3 rings (SSSR count). The highest BCUT2D eigenvalue weighted by Crippen LogP contribution is 2.22. The Morgan fingerprint density at radius 2 is 1.96 bits per heavy atom. The zero-order valence-corrected chi connectivity index (χ0v) is 14.4. The number of nitrogens with one attached hydrogen (secondary N) is 1. The van der Waals surface area contributed by atoms with Crippen LogP contribution in [0.3, 0.4) is 0 Å². The zero-order valence-electron chi connectivity index (χ0n) is 14.4. The Bertz CT molecular complexity index is 526. The molecule has 0 aromatic carbocycles. The number of nitrogens with zero attached hydrogens (tertiary/aromatic N) is 3. The first-order valence-corrected chi connectivity index (χ1v) is 8.70. The molecule has 0 spiro atoms. The lowest BCUT2D eigenvalue weighted by Crippen LogP contribution is -2.48. The van der Waals surface area contributed by atoms with Gasteiger partial charge in [-0.05, 0) is 39.5 Å². The molecule has 0 saturated carbocycles. The van der Waals surface area contributed by atoms with Crippen LogP contribution in [0.4, 0.5) is 0 Å². The van der Waals surface area contributed by atoms with Gasteiger partial charge in [-0.15, -0.1) is 0 Å². The second kappa shape index (κ2) is 7.01. The van der Waals surface area contributed by atoms with Crippen molar-refractivity contribution in [1.29, 1.82) is 0 Å². The van der Waals surface area contributed by atoms with Gasteiger partial charge >= 0.3 is 0 Å². The summed E-state index contributed by atoms with van der Waals surface area (Å²) in [5, 5.41) is 6.80. The Morgan fingerprint density at radius 3 is 2.52 bits per heavy atom. The number of aryl methyl sites for hydroxylation is 1. The molecule has 2 aliphatic rings. The number of morpholine rings is 1. The van der Waals surface area contributed by atoms with Crippen LogP contribution in [0.25, 0.3) is 0 Å².